The molecule has 5 heteroatoms. The van der Waals surface area contributed by atoms with Crippen molar-refractivity contribution in [2.24, 2.45) is 5.92 Å². The minimum atomic E-state index is -0.864. The lowest BCUT2D eigenvalue weighted by molar-refractivity contribution is -0.216. The molecule has 0 saturated carbocycles. The molecule has 0 spiro atoms. The molecule has 20 heavy (non-hydrogen) atoms. The van der Waals surface area contributed by atoms with Crippen molar-refractivity contribution in [1.29, 1.82) is 0 Å². The Balaban J connectivity index is 2.47. The summed E-state index contributed by atoms with van der Waals surface area (Å²) in [5, 5.41) is 2.64. The van der Waals surface area contributed by atoms with Crippen molar-refractivity contribution in [3.8, 4) is 12.3 Å². The van der Waals surface area contributed by atoms with Crippen molar-refractivity contribution < 1.29 is 19.0 Å². The molecule has 1 fully saturated rings. The zero-order valence-electron chi connectivity index (χ0n) is 12.4. The Hall–Kier alpha value is -1.09. The van der Waals surface area contributed by atoms with Gasteiger partial charge in [-0.15, -0.1) is 6.42 Å². The van der Waals surface area contributed by atoms with E-state index in [9.17, 15) is 4.79 Å². The first-order chi connectivity index (χ1) is 9.65. The highest BCUT2D eigenvalue weighted by atomic mass is 16.7. The molecule has 0 bridgehead atoms. The Kier molecular flexibility index (Phi) is 7.60. The fourth-order valence-corrected chi connectivity index (χ4v) is 2.44. The first-order valence-electron chi connectivity index (χ1n) is 7.04. The quantitative estimate of drug-likeness (QED) is 0.539. The molecule has 0 atom stereocenters. The average molecular weight is 283 g/mol. The van der Waals surface area contributed by atoms with Gasteiger partial charge in [0.15, 0.2) is 5.79 Å². The Labute approximate surface area is 121 Å². The van der Waals surface area contributed by atoms with Gasteiger partial charge < -0.3 is 19.5 Å². The SMILES string of the molecule is C#CCNC(=O)CC(CCC1CCOCC1)(OC)OC. The van der Waals surface area contributed by atoms with Crippen LogP contribution in [0.5, 0.6) is 0 Å². The molecule has 1 heterocycles. The molecule has 1 aliphatic rings. The number of ether oxygens (including phenoxy) is 3. The molecule has 1 amide bonds. The molecular weight excluding hydrogens is 258 g/mol. The maximum atomic E-state index is 11.8. The Morgan fingerprint density at radius 1 is 1.40 bits per heavy atom. The fraction of sp³-hybridized carbons (Fsp3) is 0.800. The third-order valence-electron chi connectivity index (χ3n) is 3.84. The zero-order chi connectivity index (χ0) is 14.8. The molecule has 1 rings (SSSR count). The van der Waals surface area contributed by atoms with Gasteiger partial charge in [0.05, 0.1) is 13.0 Å². The van der Waals surface area contributed by atoms with Crippen LogP contribution >= 0.6 is 0 Å². The van der Waals surface area contributed by atoms with Crippen molar-refractivity contribution in [2.75, 3.05) is 34.0 Å². The summed E-state index contributed by atoms with van der Waals surface area (Å²) in [7, 11) is 3.14. The maximum Gasteiger partial charge on any atom is 0.226 e. The summed E-state index contributed by atoms with van der Waals surface area (Å²) in [6.07, 6.45) is 9.06. The third-order valence-corrected chi connectivity index (χ3v) is 3.84. The summed E-state index contributed by atoms with van der Waals surface area (Å²) >= 11 is 0. The summed E-state index contributed by atoms with van der Waals surface area (Å²) in [6, 6.07) is 0. The minimum Gasteiger partial charge on any atom is -0.381 e. The molecule has 0 aliphatic carbocycles. The van der Waals surface area contributed by atoms with Gasteiger partial charge in [-0.1, -0.05) is 5.92 Å². The minimum absolute atomic E-state index is 0.154. The van der Waals surface area contributed by atoms with Crippen LogP contribution < -0.4 is 5.32 Å². The molecule has 0 unspecified atom stereocenters. The van der Waals surface area contributed by atoms with Crippen LogP contribution in [-0.4, -0.2) is 45.7 Å². The summed E-state index contributed by atoms with van der Waals surface area (Å²) in [5.74, 6) is 1.97. The molecule has 5 nitrogen and oxygen atoms in total. The van der Waals surface area contributed by atoms with Crippen LogP contribution in [0, 0.1) is 18.3 Å². The largest absolute Gasteiger partial charge is 0.381 e. The van der Waals surface area contributed by atoms with Crippen LogP contribution in [0.2, 0.25) is 0 Å². The molecule has 1 aliphatic heterocycles. The number of carbonyl (C=O) groups excluding carboxylic acids is 1. The number of hydrogen-bond acceptors (Lipinski definition) is 4. The molecule has 114 valence electrons. The number of terminal acetylenes is 1. The van der Waals surface area contributed by atoms with Gasteiger partial charge >= 0.3 is 0 Å². The fourth-order valence-electron chi connectivity index (χ4n) is 2.44. The summed E-state index contributed by atoms with van der Waals surface area (Å²) < 4.78 is 16.3. The monoisotopic (exact) mass is 283 g/mol. The van der Waals surface area contributed by atoms with E-state index in [0.717, 1.165) is 32.5 Å². The Morgan fingerprint density at radius 3 is 2.60 bits per heavy atom. The highest BCUT2D eigenvalue weighted by Gasteiger charge is 2.33. The van der Waals surface area contributed by atoms with Crippen LogP contribution in [0.25, 0.3) is 0 Å². The molecule has 0 aromatic rings. The molecule has 0 aromatic carbocycles. The molecule has 0 aromatic heterocycles. The second-order valence-electron chi connectivity index (χ2n) is 5.07. The van der Waals surface area contributed by atoms with Crippen LogP contribution in [0.4, 0.5) is 0 Å². The first-order valence-corrected chi connectivity index (χ1v) is 7.04. The van der Waals surface area contributed by atoms with Gasteiger partial charge in [-0.2, -0.15) is 0 Å². The molecule has 1 saturated heterocycles. The lowest BCUT2D eigenvalue weighted by atomic mass is 9.91. The van der Waals surface area contributed by atoms with E-state index in [-0.39, 0.29) is 18.9 Å². The lowest BCUT2D eigenvalue weighted by Crippen LogP contribution is -2.40. The second kappa shape index (κ2) is 8.96. The second-order valence-corrected chi connectivity index (χ2v) is 5.07. The van der Waals surface area contributed by atoms with Gasteiger partial charge in [0.2, 0.25) is 5.91 Å². The predicted molar refractivity (Wildman–Crippen MR) is 76.0 cm³/mol. The number of hydrogen-bond donors (Lipinski definition) is 1. The number of rotatable bonds is 8. The van der Waals surface area contributed by atoms with E-state index in [1.54, 1.807) is 14.2 Å². The third kappa shape index (κ3) is 5.49. The highest BCUT2D eigenvalue weighted by molar-refractivity contribution is 5.77. The van der Waals surface area contributed by atoms with Crippen molar-refractivity contribution in [1.82, 2.24) is 5.32 Å². The van der Waals surface area contributed by atoms with E-state index in [2.05, 4.69) is 11.2 Å². The van der Waals surface area contributed by atoms with Crippen molar-refractivity contribution in [2.45, 2.75) is 37.9 Å². The average Bonchev–Trinajstić information content (AvgIpc) is 2.50. The van der Waals surface area contributed by atoms with Crippen molar-refractivity contribution in [3.63, 3.8) is 0 Å². The number of nitrogens with one attached hydrogen (secondary N) is 1. The maximum absolute atomic E-state index is 11.8. The van der Waals surface area contributed by atoms with Gasteiger partial charge in [0.1, 0.15) is 0 Å². The van der Waals surface area contributed by atoms with E-state index < -0.39 is 5.79 Å². The normalized spacial score (nSPS) is 16.6. The van der Waals surface area contributed by atoms with Gasteiger partial charge in [0, 0.05) is 33.9 Å². The van der Waals surface area contributed by atoms with E-state index in [1.807, 2.05) is 0 Å². The molecule has 0 radical (unpaired) electrons. The van der Waals surface area contributed by atoms with Crippen LogP contribution in [0.1, 0.15) is 32.1 Å². The van der Waals surface area contributed by atoms with E-state index in [4.69, 9.17) is 20.6 Å². The summed E-state index contributed by atoms with van der Waals surface area (Å²) in [5.41, 5.74) is 0. The predicted octanol–water partition coefficient (Wildman–Crippen LogP) is 1.32. The number of methoxy groups -OCH3 is 2. The molecule has 1 N–H and O–H groups in total. The summed E-state index contributed by atoms with van der Waals surface area (Å²) in [4.78, 5) is 11.8. The Morgan fingerprint density at radius 2 is 2.05 bits per heavy atom. The van der Waals surface area contributed by atoms with Crippen molar-refractivity contribution in [3.05, 3.63) is 0 Å². The van der Waals surface area contributed by atoms with Crippen LogP contribution in [0.15, 0.2) is 0 Å². The van der Waals surface area contributed by atoms with E-state index in [1.165, 1.54) is 0 Å². The van der Waals surface area contributed by atoms with E-state index in [0.29, 0.717) is 12.3 Å². The zero-order valence-corrected chi connectivity index (χ0v) is 12.4. The van der Waals surface area contributed by atoms with Crippen molar-refractivity contribution >= 4 is 5.91 Å². The standard InChI is InChI=1S/C15H25NO4/c1-4-9-16-14(17)12-15(18-2,19-3)8-5-13-6-10-20-11-7-13/h1,13H,5-12H2,2-3H3,(H,16,17). The van der Waals surface area contributed by atoms with Crippen LogP contribution in [-0.2, 0) is 19.0 Å². The van der Waals surface area contributed by atoms with Gasteiger partial charge in [-0.25, -0.2) is 0 Å². The summed E-state index contributed by atoms with van der Waals surface area (Å²) in [6.45, 7) is 1.86. The lowest BCUT2D eigenvalue weighted by Gasteiger charge is -2.32. The highest BCUT2D eigenvalue weighted by Crippen LogP contribution is 2.28. The van der Waals surface area contributed by atoms with Gasteiger partial charge in [0.25, 0.3) is 0 Å². The van der Waals surface area contributed by atoms with Gasteiger partial charge in [-0.05, 0) is 25.2 Å². The topological polar surface area (TPSA) is 56.8 Å². The Bertz CT molecular complexity index is 327. The van der Waals surface area contributed by atoms with Gasteiger partial charge in [-0.3, -0.25) is 4.79 Å². The van der Waals surface area contributed by atoms with Crippen LogP contribution in [0.3, 0.4) is 0 Å². The molecular formula is C15H25NO4. The number of amides is 1. The van der Waals surface area contributed by atoms with E-state index >= 15 is 0 Å². The number of carbonyl (C=O) groups is 1. The smallest absolute Gasteiger partial charge is 0.226 e. The first kappa shape index (κ1) is 17.0.